The Morgan fingerprint density at radius 2 is 1.71 bits per heavy atom. The number of hydrogen-bond donors (Lipinski definition) is 1. The molecule has 0 bridgehead atoms. The standard InChI is InChI=1S/C14H26N2O/c1-2-14(1)16-6-3-13(11-16)10-15-9-12-4-7-17-8-5-12/h12-15H,1-11H2. The number of ether oxygens (including phenoxy) is 1. The average molecular weight is 238 g/mol. The number of likely N-dealkylation sites (tertiary alicyclic amines) is 1. The zero-order valence-electron chi connectivity index (χ0n) is 10.9. The van der Waals surface area contributed by atoms with E-state index in [2.05, 4.69) is 10.2 Å². The molecule has 0 radical (unpaired) electrons. The summed E-state index contributed by atoms with van der Waals surface area (Å²) in [6.07, 6.45) is 6.85. The van der Waals surface area contributed by atoms with Crippen LogP contribution in [0.3, 0.4) is 0 Å². The van der Waals surface area contributed by atoms with E-state index in [0.717, 1.165) is 31.1 Å². The van der Waals surface area contributed by atoms with Crippen LogP contribution in [0.1, 0.15) is 32.1 Å². The lowest BCUT2D eigenvalue weighted by Crippen LogP contribution is -2.32. The molecule has 2 saturated heterocycles. The molecule has 0 amide bonds. The van der Waals surface area contributed by atoms with Crippen LogP contribution in [-0.2, 0) is 4.74 Å². The highest BCUT2D eigenvalue weighted by Gasteiger charge is 2.34. The second-order valence-electron chi connectivity index (χ2n) is 6.09. The predicted molar refractivity (Wildman–Crippen MR) is 69.1 cm³/mol. The van der Waals surface area contributed by atoms with Gasteiger partial charge in [0.25, 0.3) is 0 Å². The molecule has 3 aliphatic rings. The fourth-order valence-corrected chi connectivity index (χ4v) is 3.24. The molecule has 1 aliphatic carbocycles. The molecule has 0 aromatic heterocycles. The highest BCUT2D eigenvalue weighted by molar-refractivity contribution is 4.90. The Hall–Kier alpha value is -0.120. The molecule has 98 valence electrons. The van der Waals surface area contributed by atoms with Crippen molar-refractivity contribution in [1.82, 2.24) is 10.2 Å². The lowest BCUT2D eigenvalue weighted by Gasteiger charge is -2.23. The number of nitrogens with one attached hydrogen (secondary N) is 1. The van der Waals surface area contributed by atoms with Gasteiger partial charge in [0, 0.05) is 25.8 Å². The van der Waals surface area contributed by atoms with Gasteiger partial charge in [0.2, 0.25) is 0 Å². The van der Waals surface area contributed by atoms with Gasteiger partial charge >= 0.3 is 0 Å². The predicted octanol–water partition coefficient (Wildman–Crippen LogP) is 1.49. The highest BCUT2D eigenvalue weighted by Crippen LogP contribution is 2.31. The first-order chi connectivity index (χ1) is 8.42. The zero-order chi connectivity index (χ0) is 11.5. The summed E-state index contributed by atoms with van der Waals surface area (Å²) >= 11 is 0. The van der Waals surface area contributed by atoms with E-state index in [9.17, 15) is 0 Å². The largest absolute Gasteiger partial charge is 0.381 e. The van der Waals surface area contributed by atoms with Crippen molar-refractivity contribution in [2.24, 2.45) is 11.8 Å². The molecule has 1 atom stereocenters. The summed E-state index contributed by atoms with van der Waals surface area (Å²) in [4.78, 5) is 2.71. The highest BCUT2D eigenvalue weighted by atomic mass is 16.5. The van der Waals surface area contributed by atoms with Crippen LogP contribution in [0.25, 0.3) is 0 Å². The molecule has 0 aromatic rings. The van der Waals surface area contributed by atoms with E-state index < -0.39 is 0 Å². The van der Waals surface area contributed by atoms with Crippen molar-refractivity contribution in [1.29, 1.82) is 0 Å². The summed E-state index contributed by atoms with van der Waals surface area (Å²) in [5.41, 5.74) is 0. The molecule has 3 heteroatoms. The molecular weight excluding hydrogens is 212 g/mol. The average Bonchev–Trinajstić information content (AvgIpc) is 3.11. The normalized spacial score (nSPS) is 32.1. The van der Waals surface area contributed by atoms with Crippen molar-refractivity contribution in [3.63, 3.8) is 0 Å². The van der Waals surface area contributed by atoms with Crippen molar-refractivity contribution in [2.45, 2.75) is 38.1 Å². The monoisotopic (exact) mass is 238 g/mol. The minimum Gasteiger partial charge on any atom is -0.381 e. The molecule has 1 N–H and O–H groups in total. The molecular formula is C14H26N2O. The van der Waals surface area contributed by atoms with Crippen LogP contribution in [0.5, 0.6) is 0 Å². The fraction of sp³-hybridized carbons (Fsp3) is 1.00. The lowest BCUT2D eigenvalue weighted by atomic mass is 10.00. The Morgan fingerprint density at radius 3 is 2.47 bits per heavy atom. The molecule has 0 aromatic carbocycles. The topological polar surface area (TPSA) is 24.5 Å². The number of nitrogens with zero attached hydrogens (tertiary/aromatic N) is 1. The Labute approximate surface area is 105 Å². The summed E-state index contributed by atoms with van der Waals surface area (Å²) < 4.78 is 5.39. The minimum absolute atomic E-state index is 0.865. The van der Waals surface area contributed by atoms with Gasteiger partial charge in [0.1, 0.15) is 0 Å². The smallest absolute Gasteiger partial charge is 0.0469 e. The van der Waals surface area contributed by atoms with Crippen LogP contribution in [0.15, 0.2) is 0 Å². The van der Waals surface area contributed by atoms with Gasteiger partial charge in [-0.3, -0.25) is 0 Å². The maximum atomic E-state index is 5.39. The molecule has 1 unspecified atom stereocenters. The summed E-state index contributed by atoms with van der Waals surface area (Å²) in [5, 5.41) is 3.69. The molecule has 3 nitrogen and oxygen atoms in total. The van der Waals surface area contributed by atoms with Crippen LogP contribution in [0.4, 0.5) is 0 Å². The molecule has 17 heavy (non-hydrogen) atoms. The van der Waals surface area contributed by atoms with Crippen LogP contribution < -0.4 is 5.32 Å². The van der Waals surface area contributed by atoms with Gasteiger partial charge in [-0.25, -0.2) is 0 Å². The van der Waals surface area contributed by atoms with Crippen LogP contribution >= 0.6 is 0 Å². The Morgan fingerprint density at radius 1 is 0.941 bits per heavy atom. The molecule has 1 saturated carbocycles. The lowest BCUT2D eigenvalue weighted by molar-refractivity contribution is 0.0661. The Kier molecular flexibility index (Phi) is 3.99. The Bertz CT molecular complexity index is 236. The maximum absolute atomic E-state index is 5.39. The van der Waals surface area contributed by atoms with Crippen molar-refractivity contribution in [3.05, 3.63) is 0 Å². The summed E-state index contributed by atoms with van der Waals surface area (Å²) in [7, 11) is 0. The molecule has 0 spiro atoms. The number of hydrogen-bond acceptors (Lipinski definition) is 3. The second-order valence-corrected chi connectivity index (χ2v) is 6.09. The fourth-order valence-electron chi connectivity index (χ4n) is 3.24. The summed E-state index contributed by atoms with van der Waals surface area (Å²) in [6, 6.07) is 0.968. The van der Waals surface area contributed by atoms with Gasteiger partial charge < -0.3 is 15.0 Å². The maximum Gasteiger partial charge on any atom is 0.0469 e. The zero-order valence-corrected chi connectivity index (χ0v) is 10.9. The van der Waals surface area contributed by atoms with E-state index in [4.69, 9.17) is 4.74 Å². The molecule has 3 fully saturated rings. The molecule has 2 aliphatic heterocycles. The first-order valence-corrected chi connectivity index (χ1v) is 7.44. The van der Waals surface area contributed by atoms with E-state index in [-0.39, 0.29) is 0 Å². The van der Waals surface area contributed by atoms with E-state index in [1.54, 1.807) is 0 Å². The third kappa shape index (κ3) is 3.43. The van der Waals surface area contributed by atoms with Crippen molar-refractivity contribution < 1.29 is 4.74 Å². The number of rotatable bonds is 5. The van der Waals surface area contributed by atoms with Gasteiger partial charge in [0.05, 0.1) is 0 Å². The van der Waals surface area contributed by atoms with Gasteiger partial charge in [-0.2, -0.15) is 0 Å². The minimum atomic E-state index is 0.865. The third-order valence-corrected chi connectivity index (χ3v) is 4.59. The van der Waals surface area contributed by atoms with E-state index in [0.29, 0.717) is 0 Å². The summed E-state index contributed by atoms with van der Waals surface area (Å²) in [6.45, 7) is 7.11. The van der Waals surface area contributed by atoms with Crippen LogP contribution in [0.2, 0.25) is 0 Å². The van der Waals surface area contributed by atoms with Gasteiger partial charge in [-0.1, -0.05) is 0 Å². The van der Waals surface area contributed by atoms with Crippen molar-refractivity contribution in [3.8, 4) is 0 Å². The van der Waals surface area contributed by atoms with Crippen molar-refractivity contribution in [2.75, 3.05) is 39.4 Å². The first kappa shape index (κ1) is 11.9. The van der Waals surface area contributed by atoms with Gasteiger partial charge in [-0.05, 0) is 63.6 Å². The van der Waals surface area contributed by atoms with Gasteiger partial charge in [-0.15, -0.1) is 0 Å². The second kappa shape index (κ2) is 5.68. The van der Waals surface area contributed by atoms with Gasteiger partial charge in [0.15, 0.2) is 0 Å². The first-order valence-electron chi connectivity index (χ1n) is 7.44. The van der Waals surface area contributed by atoms with E-state index in [1.165, 1.54) is 58.3 Å². The summed E-state index contributed by atoms with van der Waals surface area (Å²) in [5.74, 6) is 1.78. The van der Waals surface area contributed by atoms with E-state index in [1.807, 2.05) is 0 Å². The quantitative estimate of drug-likeness (QED) is 0.785. The van der Waals surface area contributed by atoms with Crippen molar-refractivity contribution >= 4 is 0 Å². The van der Waals surface area contributed by atoms with Crippen LogP contribution in [0, 0.1) is 11.8 Å². The van der Waals surface area contributed by atoms with Crippen LogP contribution in [-0.4, -0.2) is 50.3 Å². The molecule has 3 rings (SSSR count). The Balaban J connectivity index is 1.29. The third-order valence-electron chi connectivity index (χ3n) is 4.59. The SMILES string of the molecule is C1CC(CNCC2CCN(C3CC3)C2)CCO1. The molecule has 2 heterocycles. The van der Waals surface area contributed by atoms with E-state index >= 15 is 0 Å².